The zero-order valence-electron chi connectivity index (χ0n) is 8.82. The first-order valence-electron chi connectivity index (χ1n) is 4.87. The van der Waals surface area contributed by atoms with Gasteiger partial charge in [-0.05, 0) is 26.0 Å². The Labute approximate surface area is 88.9 Å². The van der Waals surface area contributed by atoms with Gasteiger partial charge < -0.3 is 4.90 Å². The molecule has 0 aliphatic carbocycles. The number of carbonyl (C=O) groups excluding carboxylic acids is 1. The number of hydrogen-bond donors (Lipinski definition) is 0. The molecule has 1 heterocycles. The van der Waals surface area contributed by atoms with Crippen LogP contribution >= 0.6 is 0 Å². The van der Waals surface area contributed by atoms with Crippen molar-refractivity contribution in [2.75, 3.05) is 11.4 Å². The highest BCUT2D eigenvalue weighted by Crippen LogP contribution is 2.36. The summed E-state index contributed by atoms with van der Waals surface area (Å²) in [6.07, 6.45) is 0. The quantitative estimate of drug-likeness (QED) is 0.650. The number of amides is 1. The molecule has 1 aliphatic rings. The molecule has 15 heavy (non-hydrogen) atoms. The topological polar surface area (TPSA) is 44.1 Å². The van der Waals surface area contributed by atoms with Gasteiger partial charge in [0.1, 0.15) is 6.07 Å². The molecule has 1 aliphatic heterocycles. The number of benzene rings is 1. The minimum Gasteiger partial charge on any atom is -0.310 e. The average Bonchev–Trinajstić information content (AvgIpc) is 2.25. The Hall–Kier alpha value is -1.82. The zero-order valence-corrected chi connectivity index (χ0v) is 8.82. The summed E-state index contributed by atoms with van der Waals surface area (Å²) in [7, 11) is 0. The summed E-state index contributed by atoms with van der Waals surface area (Å²) in [6, 6.07) is 9.29. The van der Waals surface area contributed by atoms with Gasteiger partial charge in [-0.15, -0.1) is 0 Å². The van der Waals surface area contributed by atoms with E-state index < -0.39 is 0 Å². The maximum Gasteiger partial charge on any atom is 0.234 e. The van der Waals surface area contributed by atoms with Crippen molar-refractivity contribution in [2.45, 2.75) is 13.8 Å². The third kappa shape index (κ3) is 1.39. The lowest BCUT2D eigenvalue weighted by Gasteiger charge is -2.44. The lowest BCUT2D eigenvalue weighted by molar-refractivity contribution is -0.132. The van der Waals surface area contributed by atoms with Crippen LogP contribution in [0.5, 0.6) is 0 Å². The van der Waals surface area contributed by atoms with Gasteiger partial charge in [0, 0.05) is 6.54 Å². The maximum atomic E-state index is 11.8. The van der Waals surface area contributed by atoms with Gasteiger partial charge in [0.15, 0.2) is 0 Å². The minimum atomic E-state index is -0.275. The summed E-state index contributed by atoms with van der Waals surface area (Å²) < 4.78 is 0. The Morgan fingerprint density at radius 1 is 1.40 bits per heavy atom. The molecule has 3 nitrogen and oxygen atoms in total. The molecule has 0 spiro atoms. The highest BCUT2D eigenvalue weighted by molar-refractivity contribution is 6.04. The van der Waals surface area contributed by atoms with Gasteiger partial charge in [-0.3, -0.25) is 4.79 Å². The fraction of sp³-hybridized carbons (Fsp3) is 0.333. The predicted octanol–water partition coefficient (Wildman–Crippen LogP) is 1.93. The molecule has 2 rings (SSSR count). The average molecular weight is 200 g/mol. The predicted molar refractivity (Wildman–Crippen MR) is 57.3 cm³/mol. The number of nitriles is 1. The first kappa shape index (κ1) is 9.72. The molecule has 1 saturated heterocycles. The number of carbonyl (C=O) groups is 1. The smallest absolute Gasteiger partial charge is 0.234 e. The van der Waals surface area contributed by atoms with Gasteiger partial charge in [0.05, 0.1) is 16.7 Å². The van der Waals surface area contributed by atoms with Crippen LogP contribution in [-0.2, 0) is 4.79 Å². The molecule has 0 unspecified atom stereocenters. The molecule has 1 aromatic rings. The van der Waals surface area contributed by atoms with Crippen LogP contribution in [-0.4, -0.2) is 12.5 Å². The molecule has 3 heteroatoms. The van der Waals surface area contributed by atoms with Gasteiger partial charge in [-0.2, -0.15) is 5.26 Å². The largest absolute Gasteiger partial charge is 0.310 e. The molecular weight excluding hydrogens is 188 g/mol. The second-order valence-electron chi connectivity index (χ2n) is 4.40. The van der Waals surface area contributed by atoms with E-state index in [1.54, 1.807) is 17.0 Å². The van der Waals surface area contributed by atoms with Crippen molar-refractivity contribution in [3.63, 3.8) is 0 Å². The van der Waals surface area contributed by atoms with Gasteiger partial charge in [-0.1, -0.05) is 12.1 Å². The van der Waals surface area contributed by atoms with Crippen molar-refractivity contribution in [3.8, 4) is 6.07 Å². The van der Waals surface area contributed by atoms with Crippen LogP contribution < -0.4 is 4.90 Å². The first-order valence-corrected chi connectivity index (χ1v) is 4.87. The minimum absolute atomic E-state index is 0.0881. The summed E-state index contributed by atoms with van der Waals surface area (Å²) in [5, 5.41) is 8.92. The Balaban J connectivity index is 2.34. The zero-order chi connectivity index (χ0) is 11.1. The fourth-order valence-electron chi connectivity index (χ4n) is 1.81. The van der Waals surface area contributed by atoms with E-state index >= 15 is 0 Å². The van der Waals surface area contributed by atoms with E-state index in [0.717, 1.165) is 5.69 Å². The Morgan fingerprint density at radius 2 is 2.07 bits per heavy atom. The van der Waals surface area contributed by atoms with Gasteiger partial charge in [0.25, 0.3) is 0 Å². The molecular formula is C12H12N2O. The van der Waals surface area contributed by atoms with E-state index in [9.17, 15) is 4.79 Å². The summed E-state index contributed by atoms with van der Waals surface area (Å²) in [6.45, 7) is 4.52. The van der Waals surface area contributed by atoms with Crippen LogP contribution in [0.25, 0.3) is 0 Å². The van der Waals surface area contributed by atoms with Crippen LogP contribution in [0, 0.1) is 16.7 Å². The fourth-order valence-corrected chi connectivity index (χ4v) is 1.81. The molecule has 0 aromatic heterocycles. The number of rotatable bonds is 1. The van der Waals surface area contributed by atoms with Crippen molar-refractivity contribution in [1.29, 1.82) is 5.26 Å². The summed E-state index contributed by atoms with van der Waals surface area (Å²) in [4.78, 5) is 13.4. The number of para-hydroxylation sites is 1. The van der Waals surface area contributed by atoms with Crippen LogP contribution in [0.4, 0.5) is 5.69 Å². The van der Waals surface area contributed by atoms with Crippen LogP contribution in [0.3, 0.4) is 0 Å². The molecule has 0 bridgehead atoms. The summed E-state index contributed by atoms with van der Waals surface area (Å²) >= 11 is 0. The number of nitrogens with zero attached hydrogens (tertiary/aromatic N) is 2. The van der Waals surface area contributed by atoms with Crippen LogP contribution in [0.15, 0.2) is 24.3 Å². The number of anilines is 1. The van der Waals surface area contributed by atoms with Crippen molar-refractivity contribution >= 4 is 11.6 Å². The molecule has 0 saturated carbocycles. The Morgan fingerprint density at radius 3 is 2.60 bits per heavy atom. The van der Waals surface area contributed by atoms with Crippen molar-refractivity contribution < 1.29 is 4.79 Å². The Bertz CT molecular complexity index is 457. The van der Waals surface area contributed by atoms with Gasteiger partial charge in [0.2, 0.25) is 5.91 Å². The summed E-state index contributed by atoms with van der Waals surface area (Å²) in [5.41, 5.74) is 1.01. The molecule has 0 atom stereocenters. The molecule has 1 fully saturated rings. The van der Waals surface area contributed by atoms with Crippen molar-refractivity contribution in [1.82, 2.24) is 0 Å². The monoisotopic (exact) mass is 200 g/mol. The van der Waals surface area contributed by atoms with Crippen LogP contribution in [0.1, 0.15) is 19.4 Å². The second kappa shape index (κ2) is 3.09. The summed E-state index contributed by atoms with van der Waals surface area (Å²) in [5.74, 6) is 0.0881. The Kier molecular flexibility index (Phi) is 2.01. The number of hydrogen-bond acceptors (Lipinski definition) is 2. The second-order valence-corrected chi connectivity index (χ2v) is 4.40. The van der Waals surface area contributed by atoms with E-state index in [2.05, 4.69) is 6.07 Å². The SMILES string of the molecule is CC1(C)CN(c2ccccc2C#N)C1=O. The third-order valence-electron chi connectivity index (χ3n) is 2.69. The number of β-lactam (4-membered cyclic amide) rings is 1. The molecule has 76 valence electrons. The highest BCUT2D eigenvalue weighted by Gasteiger charge is 2.45. The maximum absolute atomic E-state index is 11.8. The lowest BCUT2D eigenvalue weighted by Crippen LogP contribution is -2.58. The molecule has 1 aromatic carbocycles. The highest BCUT2D eigenvalue weighted by atomic mass is 16.2. The van der Waals surface area contributed by atoms with E-state index in [0.29, 0.717) is 12.1 Å². The molecule has 0 N–H and O–H groups in total. The van der Waals surface area contributed by atoms with Crippen LogP contribution in [0.2, 0.25) is 0 Å². The van der Waals surface area contributed by atoms with E-state index in [1.165, 1.54) is 0 Å². The van der Waals surface area contributed by atoms with E-state index in [4.69, 9.17) is 5.26 Å². The standard InChI is InChI=1S/C12H12N2O/c1-12(2)8-14(11(12)15)10-6-4-3-5-9(10)7-13/h3-6H,8H2,1-2H3. The van der Waals surface area contributed by atoms with E-state index in [-0.39, 0.29) is 11.3 Å². The third-order valence-corrected chi connectivity index (χ3v) is 2.69. The first-order chi connectivity index (χ1) is 7.06. The molecule has 1 amide bonds. The van der Waals surface area contributed by atoms with Gasteiger partial charge >= 0.3 is 0 Å². The normalized spacial score (nSPS) is 18.2. The van der Waals surface area contributed by atoms with E-state index in [1.807, 2.05) is 26.0 Å². The lowest BCUT2D eigenvalue weighted by atomic mass is 9.82. The molecule has 0 radical (unpaired) electrons. The van der Waals surface area contributed by atoms with Gasteiger partial charge in [-0.25, -0.2) is 0 Å². The van der Waals surface area contributed by atoms with Crippen molar-refractivity contribution in [3.05, 3.63) is 29.8 Å². The van der Waals surface area contributed by atoms with Crippen molar-refractivity contribution in [2.24, 2.45) is 5.41 Å².